The van der Waals surface area contributed by atoms with E-state index in [1.54, 1.807) is 0 Å². The molecule has 0 heterocycles. The second kappa shape index (κ2) is 6.39. The van der Waals surface area contributed by atoms with Crippen molar-refractivity contribution >= 4 is 0 Å². The Morgan fingerprint density at radius 2 is 1.79 bits per heavy atom. The molecule has 2 aromatic rings. The van der Waals surface area contributed by atoms with Gasteiger partial charge in [-0.1, -0.05) is 42.0 Å². The first-order chi connectivity index (χ1) is 9.20. The lowest BCUT2D eigenvalue weighted by Crippen LogP contribution is -2.08. The molecule has 0 aliphatic carbocycles. The second-order valence-corrected chi connectivity index (χ2v) is 4.86. The summed E-state index contributed by atoms with van der Waals surface area (Å²) < 4.78 is 5.97. The van der Waals surface area contributed by atoms with E-state index in [1.165, 1.54) is 22.3 Å². The Morgan fingerprint density at radius 3 is 2.53 bits per heavy atom. The van der Waals surface area contributed by atoms with Crippen LogP contribution < -0.4 is 10.1 Å². The standard InChI is InChI=1S/C17H21NO/c1-13-8-9-17(16(10-13)11-18-3)19-12-15-7-5-4-6-14(15)2/h4-10,18H,11-12H2,1-3H3. The lowest BCUT2D eigenvalue weighted by atomic mass is 10.1. The molecule has 19 heavy (non-hydrogen) atoms. The van der Waals surface area contributed by atoms with E-state index < -0.39 is 0 Å². The number of aryl methyl sites for hydroxylation is 2. The Bertz CT molecular complexity index is 549. The third kappa shape index (κ3) is 3.58. The minimum atomic E-state index is 0.618. The van der Waals surface area contributed by atoms with Gasteiger partial charge in [0, 0.05) is 12.1 Å². The molecular weight excluding hydrogens is 234 g/mol. The molecule has 0 saturated heterocycles. The van der Waals surface area contributed by atoms with E-state index >= 15 is 0 Å². The molecule has 0 unspecified atom stereocenters. The maximum absolute atomic E-state index is 5.97. The molecule has 2 nitrogen and oxygen atoms in total. The van der Waals surface area contributed by atoms with E-state index in [0.717, 1.165) is 12.3 Å². The fourth-order valence-corrected chi connectivity index (χ4v) is 2.11. The van der Waals surface area contributed by atoms with Gasteiger partial charge < -0.3 is 10.1 Å². The molecule has 0 aromatic heterocycles. The van der Waals surface area contributed by atoms with E-state index in [9.17, 15) is 0 Å². The average Bonchev–Trinajstić information content (AvgIpc) is 2.40. The molecule has 2 heteroatoms. The van der Waals surface area contributed by atoms with Crippen LogP contribution in [0.25, 0.3) is 0 Å². The van der Waals surface area contributed by atoms with Crippen molar-refractivity contribution in [2.45, 2.75) is 27.0 Å². The molecule has 0 bridgehead atoms. The van der Waals surface area contributed by atoms with E-state index in [-0.39, 0.29) is 0 Å². The summed E-state index contributed by atoms with van der Waals surface area (Å²) in [6.07, 6.45) is 0. The normalized spacial score (nSPS) is 10.5. The molecule has 0 atom stereocenters. The van der Waals surface area contributed by atoms with Gasteiger partial charge in [-0.3, -0.25) is 0 Å². The van der Waals surface area contributed by atoms with Gasteiger partial charge in [0.05, 0.1) is 0 Å². The predicted octanol–water partition coefficient (Wildman–Crippen LogP) is 3.60. The highest BCUT2D eigenvalue weighted by Gasteiger charge is 2.05. The van der Waals surface area contributed by atoms with Crippen LogP contribution in [0.4, 0.5) is 0 Å². The first-order valence-corrected chi connectivity index (χ1v) is 6.62. The van der Waals surface area contributed by atoms with Gasteiger partial charge in [0.15, 0.2) is 0 Å². The van der Waals surface area contributed by atoms with E-state index in [2.05, 4.69) is 61.6 Å². The van der Waals surface area contributed by atoms with Crippen LogP contribution in [0.2, 0.25) is 0 Å². The number of benzene rings is 2. The highest BCUT2D eigenvalue weighted by molar-refractivity contribution is 5.37. The van der Waals surface area contributed by atoms with Crippen molar-refractivity contribution in [1.29, 1.82) is 0 Å². The van der Waals surface area contributed by atoms with E-state index in [1.807, 2.05) is 7.05 Å². The number of hydrogen-bond acceptors (Lipinski definition) is 2. The molecule has 2 aromatic carbocycles. The van der Waals surface area contributed by atoms with Gasteiger partial charge >= 0.3 is 0 Å². The van der Waals surface area contributed by atoms with Crippen LogP contribution in [0.3, 0.4) is 0 Å². The Balaban J connectivity index is 2.13. The third-order valence-electron chi connectivity index (χ3n) is 3.23. The fourth-order valence-electron chi connectivity index (χ4n) is 2.11. The Morgan fingerprint density at radius 1 is 1.00 bits per heavy atom. The number of hydrogen-bond donors (Lipinski definition) is 1. The molecule has 0 aliphatic heterocycles. The van der Waals surface area contributed by atoms with Crippen molar-refractivity contribution in [2.24, 2.45) is 0 Å². The topological polar surface area (TPSA) is 21.3 Å². The van der Waals surface area contributed by atoms with Crippen molar-refractivity contribution < 1.29 is 4.74 Å². The minimum absolute atomic E-state index is 0.618. The lowest BCUT2D eigenvalue weighted by molar-refractivity contribution is 0.301. The van der Waals surface area contributed by atoms with Crippen LogP contribution in [-0.4, -0.2) is 7.05 Å². The largest absolute Gasteiger partial charge is 0.489 e. The number of rotatable bonds is 5. The van der Waals surface area contributed by atoms with Crippen molar-refractivity contribution in [3.8, 4) is 5.75 Å². The molecule has 0 fully saturated rings. The maximum atomic E-state index is 5.97. The van der Waals surface area contributed by atoms with E-state index in [4.69, 9.17) is 4.74 Å². The summed E-state index contributed by atoms with van der Waals surface area (Å²) in [6.45, 7) is 5.66. The average molecular weight is 255 g/mol. The SMILES string of the molecule is CNCc1cc(C)ccc1OCc1ccccc1C. The summed E-state index contributed by atoms with van der Waals surface area (Å²) in [6, 6.07) is 14.6. The molecule has 100 valence electrons. The summed E-state index contributed by atoms with van der Waals surface area (Å²) >= 11 is 0. The zero-order chi connectivity index (χ0) is 13.7. The van der Waals surface area contributed by atoms with Gasteiger partial charge in [0.2, 0.25) is 0 Å². The Hall–Kier alpha value is -1.80. The third-order valence-corrected chi connectivity index (χ3v) is 3.23. The Kier molecular flexibility index (Phi) is 4.58. The summed E-state index contributed by atoms with van der Waals surface area (Å²) in [5, 5.41) is 3.18. The second-order valence-electron chi connectivity index (χ2n) is 4.86. The van der Waals surface area contributed by atoms with Crippen LogP contribution in [0, 0.1) is 13.8 Å². The van der Waals surface area contributed by atoms with Gasteiger partial charge in [-0.25, -0.2) is 0 Å². The summed E-state index contributed by atoms with van der Waals surface area (Å²) in [4.78, 5) is 0. The van der Waals surface area contributed by atoms with Crippen molar-refractivity contribution in [2.75, 3.05) is 7.05 Å². The van der Waals surface area contributed by atoms with Gasteiger partial charge in [-0.2, -0.15) is 0 Å². The smallest absolute Gasteiger partial charge is 0.124 e. The lowest BCUT2D eigenvalue weighted by Gasteiger charge is -2.13. The molecule has 0 amide bonds. The van der Waals surface area contributed by atoms with Crippen LogP contribution in [0.15, 0.2) is 42.5 Å². The van der Waals surface area contributed by atoms with Crippen LogP contribution in [-0.2, 0) is 13.2 Å². The Labute approximate surface area is 115 Å². The number of ether oxygens (including phenoxy) is 1. The van der Waals surface area contributed by atoms with Gasteiger partial charge in [-0.15, -0.1) is 0 Å². The fraction of sp³-hybridized carbons (Fsp3) is 0.294. The quantitative estimate of drug-likeness (QED) is 0.881. The zero-order valence-electron chi connectivity index (χ0n) is 11.9. The van der Waals surface area contributed by atoms with Crippen molar-refractivity contribution in [3.63, 3.8) is 0 Å². The van der Waals surface area contributed by atoms with Gasteiger partial charge in [0.25, 0.3) is 0 Å². The van der Waals surface area contributed by atoms with Gasteiger partial charge in [-0.05, 0) is 38.1 Å². The zero-order valence-corrected chi connectivity index (χ0v) is 11.9. The van der Waals surface area contributed by atoms with Crippen LogP contribution in [0.1, 0.15) is 22.3 Å². The van der Waals surface area contributed by atoms with Gasteiger partial charge in [0.1, 0.15) is 12.4 Å². The van der Waals surface area contributed by atoms with E-state index in [0.29, 0.717) is 6.61 Å². The maximum Gasteiger partial charge on any atom is 0.124 e. The molecule has 2 rings (SSSR count). The first kappa shape index (κ1) is 13.6. The molecule has 0 spiro atoms. The van der Waals surface area contributed by atoms with Crippen LogP contribution in [0.5, 0.6) is 5.75 Å². The number of nitrogens with one attached hydrogen (secondary N) is 1. The molecule has 0 saturated carbocycles. The molecule has 0 aliphatic rings. The van der Waals surface area contributed by atoms with Crippen molar-refractivity contribution in [3.05, 3.63) is 64.7 Å². The summed E-state index contributed by atoms with van der Waals surface area (Å²) in [5.74, 6) is 0.961. The predicted molar refractivity (Wildman–Crippen MR) is 79.5 cm³/mol. The van der Waals surface area contributed by atoms with Crippen molar-refractivity contribution in [1.82, 2.24) is 5.32 Å². The highest BCUT2D eigenvalue weighted by atomic mass is 16.5. The monoisotopic (exact) mass is 255 g/mol. The molecule has 0 radical (unpaired) electrons. The summed E-state index contributed by atoms with van der Waals surface area (Å²) in [7, 11) is 1.95. The molecular formula is C17H21NO. The summed E-state index contributed by atoms with van der Waals surface area (Å²) in [5.41, 5.74) is 4.97. The minimum Gasteiger partial charge on any atom is -0.489 e. The highest BCUT2D eigenvalue weighted by Crippen LogP contribution is 2.21. The van der Waals surface area contributed by atoms with Crippen LogP contribution >= 0.6 is 0 Å². The first-order valence-electron chi connectivity index (χ1n) is 6.62. The molecule has 1 N–H and O–H groups in total.